The van der Waals surface area contributed by atoms with Crippen LogP contribution < -0.4 is 5.73 Å². The molecule has 1 saturated carbocycles. The highest BCUT2D eigenvalue weighted by Crippen LogP contribution is 2.37. The maximum atomic E-state index is 5.99. The second-order valence-electron chi connectivity index (χ2n) is 5.78. The monoisotopic (exact) mass is 277 g/mol. The number of nitrogens with two attached hydrogens (primary N) is 1. The van der Waals surface area contributed by atoms with Gasteiger partial charge in [0.2, 0.25) is 0 Å². The van der Waals surface area contributed by atoms with Crippen LogP contribution in [0, 0.1) is 11.8 Å². The van der Waals surface area contributed by atoms with Crippen LogP contribution in [-0.2, 0) is 11.2 Å². The van der Waals surface area contributed by atoms with Gasteiger partial charge in [-0.3, -0.25) is 0 Å². The zero-order valence-electron chi connectivity index (χ0n) is 11.4. The van der Waals surface area contributed by atoms with Crippen LogP contribution in [0.15, 0.2) is 29.2 Å². The molecule has 1 fully saturated rings. The highest BCUT2D eigenvalue weighted by molar-refractivity contribution is 8.00. The van der Waals surface area contributed by atoms with Crippen LogP contribution in [-0.4, -0.2) is 25.0 Å². The molecule has 3 atom stereocenters. The van der Waals surface area contributed by atoms with E-state index in [0.29, 0.717) is 17.1 Å². The van der Waals surface area contributed by atoms with Crippen LogP contribution in [0.3, 0.4) is 0 Å². The molecule has 1 aromatic carbocycles. The van der Waals surface area contributed by atoms with Crippen molar-refractivity contribution in [3.63, 3.8) is 0 Å². The molecule has 1 aliphatic carbocycles. The summed E-state index contributed by atoms with van der Waals surface area (Å²) in [5, 5.41) is 0.607. The summed E-state index contributed by atoms with van der Waals surface area (Å²) in [5.74, 6) is 1.41. The zero-order valence-corrected chi connectivity index (χ0v) is 12.2. The molecule has 0 bridgehead atoms. The van der Waals surface area contributed by atoms with Gasteiger partial charge in [0.1, 0.15) is 0 Å². The van der Waals surface area contributed by atoms with Crippen molar-refractivity contribution >= 4 is 11.8 Å². The lowest BCUT2D eigenvalue weighted by atomic mass is 9.97. The molecule has 0 radical (unpaired) electrons. The third kappa shape index (κ3) is 3.15. The van der Waals surface area contributed by atoms with Crippen LogP contribution in [0.1, 0.15) is 24.8 Å². The number of fused-ring (bicyclic) bond motifs is 1. The first-order valence-corrected chi connectivity index (χ1v) is 8.27. The molecule has 2 N–H and O–H groups in total. The van der Waals surface area contributed by atoms with Crippen LogP contribution in [0.25, 0.3) is 0 Å². The quantitative estimate of drug-likeness (QED) is 0.898. The summed E-state index contributed by atoms with van der Waals surface area (Å²) in [4.78, 5) is 1.44. The van der Waals surface area contributed by atoms with Gasteiger partial charge in [0, 0.05) is 16.8 Å². The van der Waals surface area contributed by atoms with Gasteiger partial charge in [0.15, 0.2) is 0 Å². The Morgan fingerprint density at radius 3 is 2.84 bits per heavy atom. The average Bonchev–Trinajstić information content (AvgIpc) is 3.04. The van der Waals surface area contributed by atoms with E-state index < -0.39 is 0 Å². The topological polar surface area (TPSA) is 35.2 Å². The van der Waals surface area contributed by atoms with Gasteiger partial charge in [0.05, 0.1) is 6.61 Å². The minimum Gasteiger partial charge on any atom is -0.380 e. The van der Waals surface area contributed by atoms with Crippen molar-refractivity contribution in [2.24, 2.45) is 17.6 Å². The standard InChI is InChI=1S/C16H23NOS/c17-9-13-5-3-6-14(13)10-18-11-15-8-12-4-1-2-7-16(12)19-15/h1-2,4,7,13-15H,3,5-6,8-11,17H2. The largest absolute Gasteiger partial charge is 0.380 e. The Kier molecular flexibility index (Phi) is 4.46. The maximum absolute atomic E-state index is 5.99. The first-order chi connectivity index (χ1) is 9.36. The number of hydrogen-bond donors (Lipinski definition) is 1. The zero-order chi connectivity index (χ0) is 13.1. The lowest BCUT2D eigenvalue weighted by Crippen LogP contribution is -2.23. The molecule has 2 nitrogen and oxygen atoms in total. The second kappa shape index (κ2) is 6.29. The van der Waals surface area contributed by atoms with Gasteiger partial charge in [-0.2, -0.15) is 0 Å². The van der Waals surface area contributed by atoms with Crippen molar-refractivity contribution in [2.45, 2.75) is 35.8 Å². The highest BCUT2D eigenvalue weighted by Gasteiger charge is 2.27. The van der Waals surface area contributed by atoms with Gasteiger partial charge in [-0.25, -0.2) is 0 Å². The van der Waals surface area contributed by atoms with Crippen molar-refractivity contribution in [2.75, 3.05) is 19.8 Å². The van der Waals surface area contributed by atoms with Crippen LogP contribution in [0.4, 0.5) is 0 Å². The maximum Gasteiger partial charge on any atom is 0.0591 e. The van der Waals surface area contributed by atoms with Gasteiger partial charge >= 0.3 is 0 Å². The van der Waals surface area contributed by atoms with Crippen molar-refractivity contribution < 1.29 is 4.74 Å². The van der Waals surface area contributed by atoms with E-state index in [-0.39, 0.29) is 0 Å². The molecule has 1 aromatic rings. The Balaban J connectivity index is 1.42. The lowest BCUT2D eigenvalue weighted by molar-refractivity contribution is 0.0883. The predicted octanol–water partition coefficient (Wildman–Crippen LogP) is 3.10. The third-order valence-corrected chi connectivity index (χ3v) is 5.76. The Hall–Kier alpha value is -0.510. The first-order valence-electron chi connectivity index (χ1n) is 7.39. The molecule has 3 heteroatoms. The fourth-order valence-electron chi connectivity index (χ4n) is 3.34. The van der Waals surface area contributed by atoms with Gasteiger partial charge in [-0.1, -0.05) is 24.6 Å². The Morgan fingerprint density at radius 2 is 2.00 bits per heavy atom. The molecule has 1 heterocycles. The molecule has 104 valence electrons. The summed E-state index contributed by atoms with van der Waals surface area (Å²) in [5.41, 5.74) is 7.30. The summed E-state index contributed by atoms with van der Waals surface area (Å²) in [7, 11) is 0. The predicted molar refractivity (Wildman–Crippen MR) is 80.5 cm³/mol. The van der Waals surface area contributed by atoms with E-state index >= 15 is 0 Å². The fourth-order valence-corrected chi connectivity index (χ4v) is 4.59. The SMILES string of the molecule is NCC1CCCC1COCC1Cc2ccccc2S1. The molecule has 3 rings (SSSR count). The van der Waals surface area contributed by atoms with E-state index in [2.05, 4.69) is 24.3 Å². The van der Waals surface area contributed by atoms with Crippen LogP contribution in [0.5, 0.6) is 0 Å². The molecule has 0 aromatic heterocycles. The molecule has 3 unspecified atom stereocenters. The van der Waals surface area contributed by atoms with Crippen LogP contribution in [0.2, 0.25) is 0 Å². The van der Waals surface area contributed by atoms with Gasteiger partial charge in [-0.15, -0.1) is 11.8 Å². The van der Waals surface area contributed by atoms with E-state index in [1.165, 1.54) is 29.7 Å². The normalized spacial score (nSPS) is 29.6. The average molecular weight is 277 g/mol. The molecule has 2 aliphatic rings. The number of thioether (sulfide) groups is 1. The summed E-state index contributed by atoms with van der Waals surface area (Å²) in [6, 6.07) is 8.72. The van der Waals surface area contributed by atoms with E-state index in [9.17, 15) is 0 Å². The Bertz CT molecular complexity index is 398. The van der Waals surface area contributed by atoms with Crippen molar-refractivity contribution in [1.82, 2.24) is 0 Å². The molecule has 19 heavy (non-hydrogen) atoms. The first kappa shape index (κ1) is 13.5. The van der Waals surface area contributed by atoms with E-state index in [1.807, 2.05) is 11.8 Å². The molecule has 0 amide bonds. The molecular formula is C16H23NOS. The number of hydrogen-bond acceptors (Lipinski definition) is 3. The third-order valence-electron chi connectivity index (χ3n) is 4.47. The number of rotatable bonds is 5. The van der Waals surface area contributed by atoms with Gasteiger partial charge in [0.25, 0.3) is 0 Å². The number of ether oxygens (including phenoxy) is 1. The molecule has 0 saturated heterocycles. The number of benzene rings is 1. The van der Waals surface area contributed by atoms with E-state index in [0.717, 1.165) is 26.2 Å². The van der Waals surface area contributed by atoms with E-state index in [1.54, 1.807) is 0 Å². The molecule has 1 aliphatic heterocycles. The summed E-state index contributed by atoms with van der Waals surface area (Å²) < 4.78 is 5.99. The Morgan fingerprint density at radius 1 is 1.16 bits per heavy atom. The van der Waals surface area contributed by atoms with Gasteiger partial charge < -0.3 is 10.5 Å². The second-order valence-corrected chi connectivity index (χ2v) is 7.12. The van der Waals surface area contributed by atoms with Crippen molar-refractivity contribution in [3.05, 3.63) is 29.8 Å². The summed E-state index contributed by atoms with van der Waals surface area (Å²) in [6.45, 7) is 2.63. The smallest absolute Gasteiger partial charge is 0.0591 e. The van der Waals surface area contributed by atoms with Crippen LogP contribution >= 0.6 is 11.8 Å². The minimum atomic E-state index is 0.607. The lowest BCUT2D eigenvalue weighted by Gasteiger charge is -2.18. The van der Waals surface area contributed by atoms with Gasteiger partial charge in [-0.05, 0) is 49.3 Å². The molecular weight excluding hydrogens is 254 g/mol. The molecule has 0 spiro atoms. The van der Waals surface area contributed by atoms with E-state index in [4.69, 9.17) is 10.5 Å². The van der Waals surface area contributed by atoms with Crippen molar-refractivity contribution in [1.29, 1.82) is 0 Å². The highest BCUT2D eigenvalue weighted by atomic mass is 32.2. The Labute approximate surface area is 120 Å². The minimum absolute atomic E-state index is 0.607. The summed E-state index contributed by atoms with van der Waals surface area (Å²) >= 11 is 1.98. The summed E-state index contributed by atoms with van der Waals surface area (Å²) in [6.07, 6.45) is 5.10. The fraction of sp³-hybridized carbons (Fsp3) is 0.625. The van der Waals surface area contributed by atoms with Crippen molar-refractivity contribution in [3.8, 4) is 0 Å².